The highest BCUT2D eigenvalue weighted by molar-refractivity contribution is 5.70. The highest BCUT2D eigenvalue weighted by atomic mass is 16.7. The molecule has 0 bridgehead atoms. The fourth-order valence-electron chi connectivity index (χ4n) is 8.16. The summed E-state index contributed by atoms with van der Waals surface area (Å²) in [5.74, 6) is -0.837. The Bertz CT molecular complexity index is 1280. The molecule has 0 aromatic heterocycles. The third-order valence-electron chi connectivity index (χ3n) is 12.4. The third kappa shape index (κ3) is 37.9. The number of unbranched alkanes of at least 4 members (excludes halogenated alkanes) is 25. The highest BCUT2D eigenvalue weighted by Crippen LogP contribution is 2.23. The van der Waals surface area contributed by atoms with Crippen LogP contribution in [0.5, 0.6) is 0 Å². The number of rotatable bonds is 46. The molecule has 1 aliphatic rings. The van der Waals surface area contributed by atoms with E-state index < -0.39 is 49.4 Å². The molecule has 0 radical (unpaired) electrons. The largest absolute Gasteiger partial charge is 0.462 e. The lowest BCUT2D eigenvalue weighted by Gasteiger charge is -2.39. The molecule has 0 saturated carbocycles. The lowest BCUT2D eigenvalue weighted by Crippen LogP contribution is -2.59. The van der Waals surface area contributed by atoms with Crippen molar-refractivity contribution in [1.29, 1.82) is 0 Å². The Hall–Kier alpha value is -2.60. The quantitative estimate of drug-likeness (QED) is 0.0264. The van der Waals surface area contributed by atoms with Crippen molar-refractivity contribution < 1.29 is 49.0 Å². The van der Waals surface area contributed by atoms with Gasteiger partial charge in [0.1, 0.15) is 31.0 Å². The monoisotopic (exact) mass is 945 g/mol. The molecule has 4 N–H and O–H groups in total. The van der Waals surface area contributed by atoms with E-state index in [1.807, 2.05) is 0 Å². The number of allylic oxidation sites excluding steroid dienone is 10. The van der Waals surface area contributed by atoms with Gasteiger partial charge in [-0.2, -0.15) is 0 Å². The van der Waals surface area contributed by atoms with Crippen molar-refractivity contribution >= 4 is 11.9 Å². The fraction of sp³-hybridized carbons (Fsp3) is 0.789. The molecule has 0 aliphatic carbocycles. The van der Waals surface area contributed by atoms with Crippen molar-refractivity contribution in [2.45, 2.75) is 269 Å². The normalized spacial score (nSPS) is 19.5. The number of carbonyl (C=O) groups is 2. The fourth-order valence-corrected chi connectivity index (χ4v) is 8.16. The van der Waals surface area contributed by atoms with E-state index in [1.54, 1.807) is 0 Å². The van der Waals surface area contributed by atoms with Crippen LogP contribution in [-0.2, 0) is 28.5 Å². The van der Waals surface area contributed by atoms with Crippen LogP contribution in [-0.4, -0.2) is 89.0 Å². The van der Waals surface area contributed by atoms with Gasteiger partial charge < -0.3 is 39.4 Å². The number of hydrogen-bond acceptors (Lipinski definition) is 10. The van der Waals surface area contributed by atoms with E-state index >= 15 is 0 Å². The second kappa shape index (κ2) is 47.1. The summed E-state index contributed by atoms with van der Waals surface area (Å²) in [4.78, 5) is 25.5. The molecule has 67 heavy (non-hydrogen) atoms. The van der Waals surface area contributed by atoms with Crippen molar-refractivity contribution in [3.05, 3.63) is 60.8 Å². The minimum Gasteiger partial charge on any atom is -0.462 e. The molecule has 0 aromatic rings. The predicted molar refractivity (Wildman–Crippen MR) is 275 cm³/mol. The zero-order valence-corrected chi connectivity index (χ0v) is 42.6. The average molecular weight is 945 g/mol. The summed E-state index contributed by atoms with van der Waals surface area (Å²) >= 11 is 0. The number of hydrogen-bond donors (Lipinski definition) is 4. The third-order valence-corrected chi connectivity index (χ3v) is 12.4. The molecule has 1 aliphatic heterocycles. The van der Waals surface area contributed by atoms with Crippen LogP contribution in [0.1, 0.15) is 232 Å². The molecular formula is C57H100O10. The first-order valence-corrected chi connectivity index (χ1v) is 27.4. The topological polar surface area (TPSA) is 152 Å². The van der Waals surface area contributed by atoms with Crippen LogP contribution in [0.3, 0.4) is 0 Å². The zero-order chi connectivity index (χ0) is 48.7. The van der Waals surface area contributed by atoms with Gasteiger partial charge in [0.05, 0.1) is 13.2 Å². The molecular weight excluding hydrogens is 845 g/mol. The zero-order valence-electron chi connectivity index (χ0n) is 42.6. The van der Waals surface area contributed by atoms with E-state index in [-0.39, 0.29) is 32.0 Å². The molecule has 6 atom stereocenters. The molecule has 0 amide bonds. The molecule has 0 spiro atoms. The van der Waals surface area contributed by atoms with Crippen LogP contribution in [0.15, 0.2) is 60.8 Å². The van der Waals surface area contributed by atoms with Crippen LogP contribution in [0.4, 0.5) is 0 Å². The van der Waals surface area contributed by atoms with E-state index in [0.29, 0.717) is 6.42 Å². The molecule has 388 valence electrons. The van der Waals surface area contributed by atoms with Crippen molar-refractivity contribution in [2.75, 3.05) is 19.8 Å². The molecule has 1 heterocycles. The molecule has 6 unspecified atom stereocenters. The lowest BCUT2D eigenvalue weighted by molar-refractivity contribution is -0.305. The highest BCUT2D eigenvalue weighted by Gasteiger charge is 2.44. The van der Waals surface area contributed by atoms with Gasteiger partial charge in [-0.05, 0) is 57.8 Å². The maximum Gasteiger partial charge on any atom is 0.306 e. The Labute approximate surface area is 409 Å². The van der Waals surface area contributed by atoms with Gasteiger partial charge in [0.25, 0.3) is 0 Å². The van der Waals surface area contributed by atoms with Gasteiger partial charge in [-0.25, -0.2) is 0 Å². The molecule has 10 heteroatoms. The lowest BCUT2D eigenvalue weighted by atomic mass is 9.99. The van der Waals surface area contributed by atoms with Gasteiger partial charge in [0.15, 0.2) is 12.4 Å². The van der Waals surface area contributed by atoms with Gasteiger partial charge in [-0.3, -0.25) is 9.59 Å². The first kappa shape index (κ1) is 62.4. The summed E-state index contributed by atoms with van der Waals surface area (Å²) < 4.78 is 22.2. The minimum absolute atomic E-state index is 0.190. The summed E-state index contributed by atoms with van der Waals surface area (Å²) in [6.45, 7) is 3.31. The molecule has 10 nitrogen and oxygen atoms in total. The van der Waals surface area contributed by atoms with Crippen LogP contribution < -0.4 is 0 Å². The summed E-state index contributed by atoms with van der Waals surface area (Å²) in [6, 6.07) is 0. The maximum absolute atomic E-state index is 12.8. The summed E-state index contributed by atoms with van der Waals surface area (Å²) in [5.41, 5.74) is 0. The van der Waals surface area contributed by atoms with Gasteiger partial charge in [-0.1, -0.05) is 222 Å². The SMILES string of the molecule is CC/C=C\C/C=C\C/C=C\C/C=C\C/C=C\CCCCCC(=O)OC(COC(=O)CCCCCCCCCCCCCCCCCCCCCCCCC)COC1OC(CO)C(O)C(O)C1O. The Morgan fingerprint density at radius 2 is 0.881 bits per heavy atom. The number of aliphatic hydroxyl groups is 4. The molecule has 1 saturated heterocycles. The van der Waals surface area contributed by atoms with Gasteiger partial charge in [-0.15, -0.1) is 0 Å². The van der Waals surface area contributed by atoms with Crippen LogP contribution in [0.25, 0.3) is 0 Å². The van der Waals surface area contributed by atoms with Crippen molar-refractivity contribution in [3.8, 4) is 0 Å². The average Bonchev–Trinajstić information content (AvgIpc) is 3.33. The van der Waals surface area contributed by atoms with E-state index in [4.69, 9.17) is 18.9 Å². The summed E-state index contributed by atoms with van der Waals surface area (Å²) in [5, 5.41) is 40.2. The van der Waals surface area contributed by atoms with Crippen molar-refractivity contribution in [1.82, 2.24) is 0 Å². The first-order valence-electron chi connectivity index (χ1n) is 27.4. The van der Waals surface area contributed by atoms with Crippen LogP contribution in [0, 0.1) is 0 Å². The van der Waals surface area contributed by atoms with Crippen LogP contribution >= 0.6 is 0 Å². The van der Waals surface area contributed by atoms with E-state index in [0.717, 1.165) is 70.6 Å². The van der Waals surface area contributed by atoms with Gasteiger partial charge in [0, 0.05) is 12.8 Å². The molecule has 1 fully saturated rings. The number of aliphatic hydroxyl groups excluding tert-OH is 4. The van der Waals surface area contributed by atoms with Crippen molar-refractivity contribution in [3.63, 3.8) is 0 Å². The summed E-state index contributed by atoms with van der Waals surface area (Å²) in [7, 11) is 0. The predicted octanol–water partition coefficient (Wildman–Crippen LogP) is 13.3. The Balaban J connectivity index is 2.24. The van der Waals surface area contributed by atoms with Gasteiger partial charge >= 0.3 is 11.9 Å². The molecule has 1 rings (SSSR count). The van der Waals surface area contributed by atoms with E-state index in [9.17, 15) is 30.0 Å². The summed E-state index contributed by atoms with van der Waals surface area (Å²) in [6.07, 6.45) is 52.4. The standard InChI is InChI=1S/C57H100O10/c1-3-5-7-9-11-13-15-17-19-21-23-24-25-26-28-29-31-33-35-37-39-41-43-45-52(59)64-48-50(49-65-57-56(63)55(62)54(61)51(47-58)67-57)66-53(60)46-44-42-40-38-36-34-32-30-27-22-20-18-16-14-12-10-8-6-4-2/h6,8,12,14,18,20,27,30,34,36,50-51,54-58,61-63H,3-5,7,9-11,13,15-17,19,21-26,28-29,31-33,35,37-49H2,1-2H3/b8-6-,14-12-,20-18-,30-27-,36-34-. The minimum atomic E-state index is -1.60. The Kier molecular flexibility index (Phi) is 43.9. The number of ether oxygens (including phenoxy) is 4. The number of esters is 2. The Morgan fingerprint density at radius 3 is 1.33 bits per heavy atom. The van der Waals surface area contributed by atoms with E-state index in [1.165, 1.54) is 128 Å². The maximum atomic E-state index is 12.8. The van der Waals surface area contributed by atoms with Crippen molar-refractivity contribution in [2.24, 2.45) is 0 Å². The second-order valence-electron chi connectivity index (χ2n) is 18.7. The van der Waals surface area contributed by atoms with Crippen LogP contribution in [0.2, 0.25) is 0 Å². The second-order valence-corrected chi connectivity index (χ2v) is 18.7. The molecule has 0 aromatic carbocycles. The smallest absolute Gasteiger partial charge is 0.306 e. The van der Waals surface area contributed by atoms with Gasteiger partial charge in [0.2, 0.25) is 0 Å². The van der Waals surface area contributed by atoms with E-state index in [2.05, 4.69) is 74.6 Å². The number of carbonyl (C=O) groups excluding carboxylic acids is 2. The first-order chi connectivity index (χ1) is 32.8. The Morgan fingerprint density at radius 1 is 0.478 bits per heavy atom.